The second kappa shape index (κ2) is 13.3. The first-order valence-electron chi connectivity index (χ1n) is 20.5. The summed E-state index contributed by atoms with van der Waals surface area (Å²) >= 11 is 1.75. The van der Waals surface area contributed by atoms with Gasteiger partial charge in [0.15, 0.2) is 0 Å². The second-order valence-corrected chi connectivity index (χ2v) is 16.7. The molecular formula is C55H33N5S. The zero-order valence-corrected chi connectivity index (χ0v) is 33.5. The van der Waals surface area contributed by atoms with Gasteiger partial charge in [-0.3, -0.25) is 9.55 Å². The minimum atomic E-state index is 0.651. The molecule has 0 atom stereocenters. The molecule has 0 aliphatic rings. The minimum absolute atomic E-state index is 0.651. The Morgan fingerprint density at radius 1 is 0.426 bits per heavy atom. The lowest BCUT2D eigenvalue weighted by molar-refractivity contribution is 1.02. The molecule has 284 valence electrons. The summed E-state index contributed by atoms with van der Waals surface area (Å²) in [5.41, 5.74) is 11.9. The van der Waals surface area contributed by atoms with Gasteiger partial charge in [0.25, 0.3) is 0 Å². The van der Waals surface area contributed by atoms with E-state index in [-0.39, 0.29) is 0 Å². The molecule has 8 aromatic carbocycles. The summed E-state index contributed by atoms with van der Waals surface area (Å²) in [7, 11) is 0. The van der Waals surface area contributed by atoms with Gasteiger partial charge in [-0.1, -0.05) is 146 Å². The molecule has 0 fully saturated rings. The van der Waals surface area contributed by atoms with E-state index in [0.717, 1.165) is 54.7 Å². The zero-order chi connectivity index (χ0) is 40.0. The molecule has 0 amide bonds. The molecule has 0 spiro atoms. The molecule has 0 aliphatic carbocycles. The normalized spacial score (nSPS) is 11.9. The number of benzene rings is 8. The largest absolute Gasteiger partial charge is 0.308 e. The Bertz CT molecular complexity index is 3860. The van der Waals surface area contributed by atoms with Crippen molar-refractivity contribution in [3.05, 3.63) is 200 Å². The molecular weight excluding hydrogens is 763 g/mol. The SMILES string of the molecule is c1ccc(-c2cc3nc(-n4c5ccc(-c6cccc7c8c9ccccc9ccc8n(-c8ccncc8)c67)cc5c5c6ccccc6ccc54)nc(-c4ccccc4)c3s2)cc1. The summed E-state index contributed by atoms with van der Waals surface area (Å²) in [6.45, 7) is 0. The number of para-hydroxylation sites is 1. The molecule has 5 heterocycles. The smallest absolute Gasteiger partial charge is 0.235 e. The predicted octanol–water partition coefficient (Wildman–Crippen LogP) is 14.6. The van der Waals surface area contributed by atoms with Crippen LogP contribution < -0.4 is 0 Å². The number of hydrogen-bond donors (Lipinski definition) is 0. The fourth-order valence-corrected chi connectivity index (χ4v) is 10.7. The molecule has 13 rings (SSSR count). The Balaban J connectivity index is 1.11. The Hall–Kier alpha value is -7.93. The summed E-state index contributed by atoms with van der Waals surface area (Å²) in [5.74, 6) is 0.651. The van der Waals surface area contributed by atoms with Crippen molar-refractivity contribution in [2.75, 3.05) is 0 Å². The Kier molecular flexibility index (Phi) is 7.41. The van der Waals surface area contributed by atoms with Crippen LogP contribution in [0.2, 0.25) is 0 Å². The highest BCUT2D eigenvalue weighted by molar-refractivity contribution is 7.22. The summed E-state index contributed by atoms with van der Waals surface area (Å²) in [6.07, 6.45) is 3.76. The Morgan fingerprint density at radius 2 is 1.05 bits per heavy atom. The van der Waals surface area contributed by atoms with Crippen LogP contribution in [0.1, 0.15) is 0 Å². The van der Waals surface area contributed by atoms with Crippen LogP contribution >= 0.6 is 11.3 Å². The van der Waals surface area contributed by atoms with Gasteiger partial charge in [0.05, 0.1) is 38.0 Å². The number of hydrogen-bond acceptors (Lipinski definition) is 4. The first-order valence-corrected chi connectivity index (χ1v) is 21.3. The van der Waals surface area contributed by atoms with Crippen molar-refractivity contribution in [1.29, 1.82) is 0 Å². The monoisotopic (exact) mass is 795 g/mol. The average Bonchev–Trinajstić information content (AvgIpc) is 4.02. The summed E-state index contributed by atoms with van der Waals surface area (Å²) < 4.78 is 5.76. The van der Waals surface area contributed by atoms with E-state index in [0.29, 0.717) is 5.95 Å². The molecule has 0 unspecified atom stereocenters. The molecule has 0 saturated heterocycles. The lowest BCUT2D eigenvalue weighted by atomic mass is 9.97. The van der Waals surface area contributed by atoms with E-state index in [4.69, 9.17) is 9.97 Å². The predicted molar refractivity (Wildman–Crippen MR) is 255 cm³/mol. The molecule has 0 N–H and O–H groups in total. The highest BCUT2D eigenvalue weighted by atomic mass is 32.1. The fourth-order valence-electron chi connectivity index (χ4n) is 9.56. The van der Waals surface area contributed by atoms with E-state index < -0.39 is 0 Å². The van der Waals surface area contributed by atoms with Crippen molar-refractivity contribution < 1.29 is 0 Å². The third kappa shape index (κ3) is 5.16. The van der Waals surface area contributed by atoms with Crippen molar-refractivity contribution >= 4 is 86.7 Å². The first kappa shape index (κ1) is 34.0. The van der Waals surface area contributed by atoms with Crippen LogP contribution in [0.25, 0.3) is 120 Å². The lowest BCUT2D eigenvalue weighted by Gasteiger charge is -2.12. The van der Waals surface area contributed by atoms with Gasteiger partial charge in [0.1, 0.15) is 0 Å². The number of nitrogens with zero attached hydrogens (tertiary/aromatic N) is 5. The van der Waals surface area contributed by atoms with E-state index in [9.17, 15) is 0 Å². The number of aromatic nitrogens is 5. The maximum absolute atomic E-state index is 5.47. The highest BCUT2D eigenvalue weighted by Gasteiger charge is 2.23. The molecule has 0 radical (unpaired) electrons. The summed E-state index contributed by atoms with van der Waals surface area (Å²) in [6, 6.07) is 67.5. The van der Waals surface area contributed by atoms with Crippen LogP contribution in [0, 0.1) is 0 Å². The number of pyridine rings is 1. The van der Waals surface area contributed by atoms with E-state index in [1.165, 1.54) is 59.2 Å². The molecule has 13 aromatic rings. The van der Waals surface area contributed by atoms with Gasteiger partial charge in [-0.25, -0.2) is 9.97 Å². The van der Waals surface area contributed by atoms with Crippen LogP contribution in [-0.4, -0.2) is 24.1 Å². The molecule has 0 saturated carbocycles. The molecule has 0 bridgehead atoms. The van der Waals surface area contributed by atoms with Crippen molar-refractivity contribution in [1.82, 2.24) is 24.1 Å². The third-order valence-electron chi connectivity index (χ3n) is 12.2. The van der Waals surface area contributed by atoms with Gasteiger partial charge in [-0.05, 0) is 75.1 Å². The summed E-state index contributed by atoms with van der Waals surface area (Å²) in [5, 5.41) is 9.66. The van der Waals surface area contributed by atoms with E-state index in [2.05, 4.69) is 202 Å². The molecule has 5 aromatic heterocycles. The van der Waals surface area contributed by atoms with Crippen molar-refractivity contribution in [2.45, 2.75) is 0 Å². The molecule has 0 aliphatic heterocycles. The van der Waals surface area contributed by atoms with E-state index in [1.807, 2.05) is 12.4 Å². The van der Waals surface area contributed by atoms with Gasteiger partial charge in [-0.2, -0.15) is 0 Å². The van der Waals surface area contributed by atoms with E-state index >= 15 is 0 Å². The van der Waals surface area contributed by atoms with Crippen molar-refractivity contribution in [2.24, 2.45) is 0 Å². The topological polar surface area (TPSA) is 48.5 Å². The maximum atomic E-state index is 5.47. The molecule has 6 heteroatoms. The van der Waals surface area contributed by atoms with E-state index in [1.54, 1.807) is 11.3 Å². The van der Waals surface area contributed by atoms with Crippen molar-refractivity contribution in [3.63, 3.8) is 0 Å². The average molecular weight is 796 g/mol. The number of thiophene rings is 1. The van der Waals surface area contributed by atoms with Gasteiger partial charge < -0.3 is 4.57 Å². The maximum Gasteiger partial charge on any atom is 0.235 e. The van der Waals surface area contributed by atoms with Gasteiger partial charge in [0, 0.05) is 55.6 Å². The second-order valence-electron chi connectivity index (χ2n) is 15.6. The fraction of sp³-hybridized carbons (Fsp3) is 0. The standard InChI is InChI=1S/C55H33N5S/c1-3-14-36(15-4-1)49-33-45-54(61-49)52(37-16-5-2-6-17-37)58-55(57-45)60-46-25-24-38(32-44(46)51-41-19-10-8-13-35(41)23-27-48(51)60)42-20-11-21-43-50-40-18-9-7-12-34(40)22-26-47(50)59(53(42)43)39-28-30-56-31-29-39/h1-33H. The molecule has 61 heavy (non-hydrogen) atoms. The van der Waals surface area contributed by atoms with Crippen molar-refractivity contribution in [3.8, 4) is 44.5 Å². The van der Waals surface area contributed by atoms with Crippen LogP contribution in [0.4, 0.5) is 0 Å². The third-order valence-corrected chi connectivity index (χ3v) is 13.4. The van der Waals surface area contributed by atoms with Gasteiger partial charge >= 0.3 is 0 Å². The Morgan fingerprint density at radius 3 is 1.79 bits per heavy atom. The van der Waals surface area contributed by atoms with Crippen LogP contribution in [0.3, 0.4) is 0 Å². The number of fused-ring (bicyclic) bond motifs is 11. The lowest BCUT2D eigenvalue weighted by Crippen LogP contribution is -2.02. The van der Waals surface area contributed by atoms with Crippen LogP contribution in [0.5, 0.6) is 0 Å². The molecule has 5 nitrogen and oxygen atoms in total. The Labute approximate surface area is 354 Å². The minimum Gasteiger partial charge on any atom is -0.308 e. The summed E-state index contributed by atoms with van der Waals surface area (Å²) in [4.78, 5) is 16.4. The van der Waals surface area contributed by atoms with Gasteiger partial charge in [0.2, 0.25) is 5.95 Å². The highest BCUT2D eigenvalue weighted by Crippen LogP contribution is 2.45. The first-order chi connectivity index (χ1) is 30.3. The zero-order valence-electron chi connectivity index (χ0n) is 32.7. The van der Waals surface area contributed by atoms with Crippen LogP contribution in [-0.2, 0) is 0 Å². The van der Waals surface area contributed by atoms with Gasteiger partial charge in [-0.15, -0.1) is 11.3 Å². The quantitative estimate of drug-likeness (QED) is 0.174. The van der Waals surface area contributed by atoms with Crippen LogP contribution in [0.15, 0.2) is 200 Å². The number of rotatable bonds is 5.